The average molecular weight is 186 g/mol. The summed E-state index contributed by atoms with van der Waals surface area (Å²) in [5, 5.41) is 3.07. The summed E-state index contributed by atoms with van der Waals surface area (Å²) >= 11 is 0. The van der Waals surface area contributed by atoms with E-state index < -0.39 is 0 Å². The lowest BCUT2D eigenvalue weighted by molar-refractivity contribution is 0.0880. The van der Waals surface area contributed by atoms with E-state index in [2.05, 4.69) is 10.3 Å². The van der Waals surface area contributed by atoms with Gasteiger partial charge in [-0.3, -0.25) is 14.9 Å². The van der Waals surface area contributed by atoms with Gasteiger partial charge in [-0.2, -0.15) is 0 Å². The Morgan fingerprint density at radius 1 is 1.00 bits per heavy atom. The number of hydrogen-bond acceptors (Lipinski definition) is 2. The van der Waals surface area contributed by atoms with Gasteiger partial charge in [-0.25, -0.2) is 0 Å². The Bertz CT molecular complexity index is 569. The van der Waals surface area contributed by atoms with Crippen molar-refractivity contribution in [3.05, 3.63) is 35.5 Å². The Hall–Kier alpha value is -2.10. The molecule has 4 nitrogen and oxygen atoms in total. The van der Waals surface area contributed by atoms with E-state index in [0.29, 0.717) is 11.1 Å². The minimum atomic E-state index is -0.312. The second kappa shape index (κ2) is 2.23. The number of H-pyrrole nitrogens is 1. The number of nitrogens with one attached hydrogen (secondary N) is 2. The van der Waals surface area contributed by atoms with Gasteiger partial charge in [0.05, 0.1) is 11.1 Å². The molecule has 14 heavy (non-hydrogen) atoms. The molecule has 0 bridgehead atoms. The fraction of sp³-hybridized carbons (Fsp3) is 0. The van der Waals surface area contributed by atoms with Crippen molar-refractivity contribution in [2.24, 2.45) is 0 Å². The molecule has 0 fully saturated rings. The first-order chi connectivity index (χ1) is 6.77. The summed E-state index contributed by atoms with van der Waals surface area (Å²) < 4.78 is 0. The second-order valence-corrected chi connectivity index (χ2v) is 3.21. The van der Waals surface area contributed by atoms with Crippen LogP contribution in [0.1, 0.15) is 20.7 Å². The van der Waals surface area contributed by atoms with Crippen molar-refractivity contribution >= 4 is 22.7 Å². The topological polar surface area (TPSA) is 62.0 Å². The molecule has 0 spiro atoms. The zero-order valence-corrected chi connectivity index (χ0v) is 7.13. The average Bonchev–Trinajstić information content (AvgIpc) is 2.71. The number of rotatable bonds is 0. The molecule has 2 heterocycles. The summed E-state index contributed by atoms with van der Waals surface area (Å²) in [6.07, 6.45) is 1.75. The highest BCUT2D eigenvalue weighted by Crippen LogP contribution is 2.24. The smallest absolute Gasteiger partial charge is 0.259 e. The number of aromatic amines is 1. The van der Waals surface area contributed by atoms with Gasteiger partial charge >= 0.3 is 0 Å². The maximum absolute atomic E-state index is 11.4. The van der Waals surface area contributed by atoms with E-state index in [9.17, 15) is 9.59 Å². The Morgan fingerprint density at radius 2 is 1.86 bits per heavy atom. The van der Waals surface area contributed by atoms with Gasteiger partial charge in [0.15, 0.2) is 0 Å². The summed E-state index contributed by atoms with van der Waals surface area (Å²) in [5.74, 6) is -0.622. The molecular formula is C10H6N2O2. The van der Waals surface area contributed by atoms with Crippen molar-refractivity contribution in [2.45, 2.75) is 0 Å². The fourth-order valence-electron chi connectivity index (χ4n) is 1.80. The van der Waals surface area contributed by atoms with Gasteiger partial charge in [0.1, 0.15) is 0 Å². The molecule has 2 N–H and O–H groups in total. The van der Waals surface area contributed by atoms with Crippen LogP contribution in [0.5, 0.6) is 0 Å². The second-order valence-electron chi connectivity index (χ2n) is 3.21. The van der Waals surface area contributed by atoms with Crippen molar-refractivity contribution in [3.8, 4) is 0 Å². The Labute approximate surface area is 78.9 Å². The van der Waals surface area contributed by atoms with E-state index in [1.165, 1.54) is 0 Å². The molecule has 1 aromatic heterocycles. The molecular weight excluding hydrogens is 180 g/mol. The standard InChI is InChI=1S/C10H6N2O2/c13-9-6-1-2-7-5(3-4-11-7)8(6)10(14)12-9/h1-4,11H,(H,12,13,14). The molecule has 1 aromatic carbocycles. The van der Waals surface area contributed by atoms with Crippen LogP contribution in [0.15, 0.2) is 24.4 Å². The molecule has 2 aromatic rings. The molecule has 1 aliphatic rings. The molecule has 0 saturated carbocycles. The normalized spacial score (nSPS) is 14.6. The van der Waals surface area contributed by atoms with Crippen LogP contribution < -0.4 is 5.32 Å². The number of carbonyl (C=O) groups excluding carboxylic acids is 2. The molecule has 0 saturated heterocycles. The molecule has 1 aliphatic heterocycles. The van der Waals surface area contributed by atoms with Gasteiger partial charge in [-0.15, -0.1) is 0 Å². The third-order valence-electron chi connectivity index (χ3n) is 2.43. The highest BCUT2D eigenvalue weighted by atomic mass is 16.2. The van der Waals surface area contributed by atoms with Crippen LogP contribution in [0.4, 0.5) is 0 Å². The quantitative estimate of drug-likeness (QED) is 0.604. The first kappa shape index (κ1) is 7.32. The van der Waals surface area contributed by atoms with E-state index in [4.69, 9.17) is 0 Å². The predicted octanol–water partition coefficient (Wildman–Crippen LogP) is 1.05. The van der Waals surface area contributed by atoms with Crippen molar-refractivity contribution < 1.29 is 9.59 Å². The highest BCUT2D eigenvalue weighted by Gasteiger charge is 2.28. The van der Waals surface area contributed by atoms with Crippen LogP contribution in [0.2, 0.25) is 0 Å². The van der Waals surface area contributed by atoms with Gasteiger partial charge in [0.2, 0.25) is 0 Å². The number of benzene rings is 1. The lowest BCUT2D eigenvalue weighted by Gasteiger charge is -1.95. The number of hydrogen-bond donors (Lipinski definition) is 2. The summed E-state index contributed by atoms with van der Waals surface area (Å²) in [6.45, 7) is 0. The van der Waals surface area contributed by atoms with E-state index in [1.54, 1.807) is 24.4 Å². The molecule has 0 unspecified atom stereocenters. The minimum Gasteiger partial charge on any atom is -0.361 e. The van der Waals surface area contributed by atoms with Crippen molar-refractivity contribution in [1.82, 2.24) is 10.3 Å². The van der Waals surface area contributed by atoms with Crippen LogP contribution in [0.3, 0.4) is 0 Å². The Kier molecular flexibility index (Phi) is 1.16. The molecule has 68 valence electrons. The van der Waals surface area contributed by atoms with Gasteiger partial charge < -0.3 is 4.98 Å². The number of aromatic nitrogens is 1. The van der Waals surface area contributed by atoms with Crippen LogP contribution in [-0.4, -0.2) is 16.8 Å². The Morgan fingerprint density at radius 3 is 2.71 bits per heavy atom. The zero-order chi connectivity index (χ0) is 9.71. The van der Waals surface area contributed by atoms with Gasteiger partial charge in [0.25, 0.3) is 11.8 Å². The van der Waals surface area contributed by atoms with E-state index >= 15 is 0 Å². The summed E-state index contributed by atoms with van der Waals surface area (Å²) in [4.78, 5) is 25.7. The van der Waals surface area contributed by atoms with Gasteiger partial charge in [0, 0.05) is 17.1 Å². The lowest BCUT2D eigenvalue weighted by atomic mass is 10.1. The molecule has 2 amide bonds. The summed E-state index contributed by atoms with van der Waals surface area (Å²) in [5.41, 5.74) is 1.81. The first-order valence-corrected chi connectivity index (χ1v) is 4.23. The molecule has 3 rings (SSSR count). The first-order valence-electron chi connectivity index (χ1n) is 4.23. The van der Waals surface area contributed by atoms with Crippen LogP contribution in [0.25, 0.3) is 10.9 Å². The third-order valence-corrected chi connectivity index (χ3v) is 2.43. The summed E-state index contributed by atoms with van der Waals surface area (Å²) in [6, 6.07) is 5.26. The summed E-state index contributed by atoms with van der Waals surface area (Å²) in [7, 11) is 0. The van der Waals surface area contributed by atoms with Crippen molar-refractivity contribution in [1.29, 1.82) is 0 Å². The van der Waals surface area contributed by atoms with E-state index in [1.807, 2.05) is 0 Å². The number of fused-ring (bicyclic) bond motifs is 3. The van der Waals surface area contributed by atoms with Crippen LogP contribution in [0, 0.1) is 0 Å². The zero-order valence-electron chi connectivity index (χ0n) is 7.13. The van der Waals surface area contributed by atoms with Crippen LogP contribution >= 0.6 is 0 Å². The molecule has 0 radical (unpaired) electrons. The molecule has 4 heteroatoms. The molecule has 0 atom stereocenters. The fourth-order valence-corrected chi connectivity index (χ4v) is 1.80. The van der Waals surface area contributed by atoms with E-state index in [0.717, 1.165) is 10.9 Å². The number of imide groups is 1. The lowest BCUT2D eigenvalue weighted by Crippen LogP contribution is -2.19. The van der Waals surface area contributed by atoms with E-state index in [-0.39, 0.29) is 11.8 Å². The highest BCUT2D eigenvalue weighted by molar-refractivity contribution is 6.26. The van der Waals surface area contributed by atoms with Gasteiger partial charge in [-0.05, 0) is 18.2 Å². The Balaban J connectivity index is 2.51. The monoisotopic (exact) mass is 186 g/mol. The third kappa shape index (κ3) is 0.724. The van der Waals surface area contributed by atoms with Crippen molar-refractivity contribution in [3.63, 3.8) is 0 Å². The number of amides is 2. The maximum Gasteiger partial charge on any atom is 0.259 e. The number of carbonyl (C=O) groups is 2. The van der Waals surface area contributed by atoms with Gasteiger partial charge in [-0.1, -0.05) is 0 Å². The largest absolute Gasteiger partial charge is 0.361 e. The predicted molar refractivity (Wildman–Crippen MR) is 50.1 cm³/mol. The minimum absolute atomic E-state index is 0.310. The molecule has 0 aliphatic carbocycles. The SMILES string of the molecule is O=C1NC(=O)c2c1ccc1[nH]ccc21. The van der Waals surface area contributed by atoms with Crippen LogP contribution in [-0.2, 0) is 0 Å². The maximum atomic E-state index is 11.4. The van der Waals surface area contributed by atoms with Crippen molar-refractivity contribution in [2.75, 3.05) is 0 Å².